The van der Waals surface area contributed by atoms with Gasteiger partial charge in [0.05, 0.1) is 0 Å². The summed E-state index contributed by atoms with van der Waals surface area (Å²) >= 11 is 0. The molecule has 0 heterocycles. The molecular formula is C19H35O. The van der Waals surface area contributed by atoms with Gasteiger partial charge in [-0.2, -0.15) is 0 Å². The van der Waals surface area contributed by atoms with E-state index in [9.17, 15) is 5.11 Å². The summed E-state index contributed by atoms with van der Waals surface area (Å²) in [6.45, 7) is 3.00. The second kappa shape index (κ2) is 12.4. The van der Waals surface area contributed by atoms with E-state index >= 15 is 0 Å². The Morgan fingerprint density at radius 3 is 1.15 bits per heavy atom. The van der Waals surface area contributed by atoms with Crippen molar-refractivity contribution >= 4 is 0 Å². The molecule has 2 aliphatic rings. The highest BCUT2D eigenvalue weighted by atomic mass is 16.2. The van der Waals surface area contributed by atoms with E-state index in [0.29, 0.717) is 0 Å². The van der Waals surface area contributed by atoms with E-state index in [2.05, 4.69) is 6.58 Å². The molecule has 0 aliphatic heterocycles. The molecule has 2 fully saturated rings. The maximum absolute atomic E-state index is 9.18. The molecule has 1 nitrogen and oxygen atoms in total. The molecule has 0 aromatic rings. The minimum absolute atomic E-state index is 0.167. The van der Waals surface area contributed by atoms with E-state index in [1.807, 2.05) is 0 Å². The van der Waals surface area contributed by atoms with Crippen molar-refractivity contribution in [3.8, 4) is 0 Å². The van der Waals surface area contributed by atoms with Crippen molar-refractivity contribution in [3.05, 3.63) is 12.7 Å². The summed E-state index contributed by atoms with van der Waals surface area (Å²) in [4.78, 5) is 0. The smallest absolute Gasteiger partial charge is 0.100 e. The standard InChI is InChI=1S/C16H30.C3H5O/c1-3-7-11-15(12-8-4-1)16-13-9-5-2-6-10-14-16;1-2-3-4/h15-16H,1-14H2;2H,1,3H2. The first kappa shape index (κ1) is 17.8. The third-order valence-electron chi connectivity index (χ3n) is 5.08. The van der Waals surface area contributed by atoms with Crippen LogP contribution in [-0.4, -0.2) is 6.61 Å². The van der Waals surface area contributed by atoms with Gasteiger partial charge in [0.25, 0.3) is 0 Å². The molecule has 20 heavy (non-hydrogen) atoms. The molecule has 0 aromatic heterocycles. The van der Waals surface area contributed by atoms with E-state index in [1.54, 1.807) is 25.7 Å². The van der Waals surface area contributed by atoms with Gasteiger partial charge in [-0.1, -0.05) is 96.0 Å². The maximum Gasteiger partial charge on any atom is 0.100 e. The fourth-order valence-electron chi connectivity index (χ4n) is 3.92. The average molecular weight is 279 g/mol. The summed E-state index contributed by atoms with van der Waals surface area (Å²) < 4.78 is 0. The number of rotatable bonds is 2. The highest BCUT2D eigenvalue weighted by molar-refractivity contribution is 4.74. The fraction of sp³-hybridized carbons (Fsp3) is 0.895. The van der Waals surface area contributed by atoms with Crippen molar-refractivity contribution in [2.24, 2.45) is 11.8 Å². The van der Waals surface area contributed by atoms with E-state index in [0.717, 1.165) is 11.8 Å². The normalized spacial score (nSPS) is 23.4. The molecule has 0 N–H and O–H groups in total. The van der Waals surface area contributed by atoms with Crippen molar-refractivity contribution in [3.63, 3.8) is 0 Å². The van der Waals surface area contributed by atoms with Crippen molar-refractivity contribution < 1.29 is 5.11 Å². The van der Waals surface area contributed by atoms with Crippen molar-refractivity contribution in [2.75, 3.05) is 6.61 Å². The van der Waals surface area contributed by atoms with Gasteiger partial charge in [0.2, 0.25) is 0 Å². The van der Waals surface area contributed by atoms with Crippen molar-refractivity contribution in [1.29, 1.82) is 0 Å². The van der Waals surface area contributed by atoms with Crippen LogP contribution in [0.4, 0.5) is 0 Å². The number of hydrogen-bond donors (Lipinski definition) is 0. The molecule has 2 saturated carbocycles. The molecular weight excluding hydrogens is 244 g/mol. The Kier molecular flexibility index (Phi) is 11.0. The summed E-state index contributed by atoms with van der Waals surface area (Å²) in [5.74, 6) is 2.22. The van der Waals surface area contributed by atoms with Crippen LogP contribution in [0.2, 0.25) is 0 Å². The van der Waals surface area contributed by atoms with Crippen LogP contribution in [0.1, 0.15) is 89.9 Å². The Balaban J connectivity index is 0.000000444. The van der Waals surface area contributed by atoms with Gasteiger partial charge < -0.3 is 0 Å². The summed E-state index contributed by atoms with van der Waals surface area (Å²) in [7, 11) is 0. The maximum atomic E-state index is 9.18. The van der Waals surface area contributed by atoms with Crippen LogP contribution in [0.3, 0.4) is 0 Å². The molecule has 117 valence electrons. The summed E-state index contributed by atoms with van der Waals surface area (Å²) in [5.41, 5.74) is 0. The predicted molar refractivity (Wildman–Crippen MR) is 87.4 cm³/mol. The predicted octanol–water partition coefficient (Wildman–Crippen LogP) is 6.31. The first-order valence-electron chi connectivity index (χ1n) is 9.07. The average Bonchev–Trinajstić information content (AvgIpc) is 2.40. The molecule has 0 bridgehead atoms. The van der Waals surface area contributed by atoms with Crippen LogP contribution in [0.5, 0.6) is 0 Å². The third-order valence-corrected chi connectivity index (χ3v) is 5.08. The molecule has 0 spiro atoms. The van der Waals surface area contributed by atoms with Gasteiger partial charge in [0, 0.05) is 0 Å². The Morgan fingerprint density at radius 2 is 0.900 bits per heavy atom. The van der Waals surface area contributed by atoms with E-state index < -0.39 is 0 Å². The lowest BCUT2D eigenvalue weighted by Gasteiger charge is -2.30. The largest absolute Gasteiger partial charge is 0.232 e. The Labute approximate surface area is 126 Å². The SMILES string of the molecule is C1CCCC(C2CCCCCCC2)CCC1.C=CC[O]. The van der Waals surface area contributed by atoms with Gasteiger partial charge in [0.15, 0.2) is 0 Å². The lowest BCUT2D eigenvalue weighted by Crippen LogP contribution is -2.17. The van der Waals surface area contributed by atoms with E-state index in [1.165, 1.54) is 70.3 Å². The third kappa shape index (κ3) is 8.09. The van der Waals surface area contributed by atoms with Crippen molar-refractivity contribution in [2.45, 2.75) is 89.9 Å². The molecule has 0 unspecified atom stereocenters. The fourth-order valence-corrected chi connectivity index (χ4v) is 3.92. The molecule has 0 amide bonds. The van der Waals surface area contributed by atoms with Gasteiger partial charge in [-0.3, -0.25) is 0 Å². The highest BCUT2D eigenvalue weighted by Crippen LogP contribution is 2.35. The summed E-state index contributed by atoms with van der Waals surface area (Å²) in [6, 6.07) is 0. The zero-order valence-electron chi connectivity index (χ0n) is 13.5. The lowest BCUT2D eigenvalue weighted by atomic mass is 9.76. The molecule has 2 aliphatic carbocycles. The minimum atomic E-state index is -0.167. The summed E-state index contributed by atoms with van der Waals surface area (Å²) in [5, 5.41) is 9.18. The van der Waals surface area contributed by atoms with Crippen LogP contribution in [0.25, 0.3) is 0 Å². The molecule has 0 aromatic carbocycles. The second-order valence-electron chi connectivity index (χ2n) is 6.67. The van der Waals surface area contributed by atoms with Crippen LogP contribution >= 0.6 is 0 Å². The zero-order valence-corrected chi connectivity index (χ0v) is 13.5. The van der Waals surface area contributed by atoms with Gasteiger partial charge in [-0.25, -0.2) is 5.11 Å². The molecule has 1 heteroatoms. The first-order valence-corrected chi connectivity index (χ1v) is 9.07. The van der Waals surface area contributed by atoms with Gasteiger partial charge in [-0.05, 0) is 11.8 Å². The van der Waals surface area contributed by atoms with Crippen LogP contribution < -0.4 is 0 Å². The first-order chi connectivity index (χ1) is 9.88. The van der Waals surface area contributed by atoms with Crippen molar-refractivity contribution in [1.82, 2.24) is 0 Å². The molecule has 2 rings (SSSR count). The Bertz CT molecular complexity index is 188. The number of hydrogen-bond acceptors (Lipinski definition) is 0. The van der Waals surface area contributed by atoms with Gasteiger partial charge in [-0.15, -0.1) is 6.58 Å². The molecule has 0 saturated heterocycles. The highest BCUT2D eigenvalue weighted by Gasteiger charge is 2.22. The quantitative estimate of drug-likeness (QED) is 0.528. The molecule has 1 radical (unpaired) electrons. The van der Waals surface area contributed by atoms with Crippen LogP contribution in [0.15, 0.2) is 12.7 Å². The van der Waals surface area contributed by atoms with E-state index in [-0.39, 0.29) is 6.61 Å². The lowest BCUT2D eigenvalue weighted by molar-refractivity contribution is 0.221. The minimum Gasteiger partial charge on any atom is -0.232 e. The summed E-state index contributed by atoms with van der Waals surface area (Å²) in [6.07, 6.45) is 22.8. The van der Waals surface area contributed by atoms with Crippen LogP contribution in [0, 0.1) is 11.8 Å². The Morgan fingerprint density at radius 1 is 0.650 bits per heavy atom. The van der Waals surface area contributed by atoms with Gasteiger partial charge in [0.1, 0.15) is 6.61 Å². The zero-order chi connectivity index (χ0) is 14.5. The van der Waals surface area contributed by atoms with Gasteiger partial charge >= 0.3 is 0 Å². The van der Waals surface area contributed by atoms with Crippen LogP contribution in [-0.2, 0) is 5.11 Å². The monoisotopic (exact) mass is 279 g/mol. The molecule has 0 atom stereocenters. The second-order valence-corrected chi connectivity index (χ2v) is 6.67. The topological polar surface area (TPSA) is 19.9 Å². The Hall–Kier alpha value is -0.300. The van der Waals surface area contributed by atoms with E-state index in [4.69, 9.17) is 0 Å².